The van der Waals surface area contributed by atoms with Gasteiger partial charge in [0.05, 0.1) is 30.0 Å². The SMILES string of the molecule is COc1ccc(Cl)cc1N1C(=O)Nc2c(C(=O)Nc3ccc(CN(C)C[C@H]4CCCO4)cc3)sc3ncnc1c23. The lowest BCUT2D eigenvalue weighted by Crippen LogP contribution is -2.35. The van der Waals surface area contributed by atoms with Crippen LogP contribution in [0.1, 0.15) is 28.1 Å². The van der Waals surface area contributed by atoms with Crippen molar-refractivity contribution in [2.45, 2.75) is 25.5 Å². The molecule has 2 aromatic heterocycles. The number of halogens is 1. The molecule has 0 unspecified atom stereocenters. The molecule has 0 aliphatic carbocycles. The Labute approximate surface area is 239 Å². The maximum absolute atomic E-state index is 13.4. The summed E-state index contributed by atoms with van der Waals surface area (Å²) in [5.74, 6) is 0.446. The van der Waals surface area contributed by atoms with Gasteiger partial charge in [-0.15, -0.1) is 11.3 Å². The number of ether oxygens (including phenoxy) is 2. The first kappa shape index (κ1) is 26.5. The van der Waals surface area contributed by atoms with Gasteiger partial charge in [-0.2, -0.15) is 0 Å². The molecule has 1 atom stereocenters. The number of rotatable bonds is 8. The van der Waals surface area contributed by atoms with E-state index in [0.29, 0.717) is 54.8 Å². The minimum atomic E-state index is -0.489. The van der Waals surface area contributed by atoms with Crippen molar-refractivity contribution in [2.24, 2.45) is 0 Å². The number of nitrogens with zero attached hydrogens (tertiary/aromatic N) is 4. The molecule has 2 N–H and O–H groups in total. The molecular weight excluding hydrogens is 552 g/mol. The van der Waals surface area contributed by atoms with E-state index in [-0.39, 0.29) is 5.91 Å². The lowest BCUT2D eigenvalue weighted by atomic mass is 10.1. The number of amides is 3. The van der Waals surface area contributed by atoms with E-state index in [1.807, 2.05) is 24.3 Å². The van der Waals surface area contributed by atoms with Gasteiger partial charge in [-0.25, -0.2) is 19.7 Å². The number of hydrogen-bond donors (Lipinski definition) is 2. The van der Waals surface area contributed by atoms with E-state index in [2.05, 4.69) is 32.5 Å². The predicted octanol–water partition coefficient (Wildman–Crippen LogP) is 5.90. The summed E-state index contributed by atoms with van der Waals surface area (Å²) in [6.45, 7) is 2.53. The molecule has 1 fully saturated rings. The number of aromatic nitrogens is 2. The number of urea groups is 1. The van der Waals surface area contributed by atoms with Crippen molar-refractivity contribution in [3.63, 3.8) is 0 Å². The van der Waals surface area contributed by atoms with Gasteiger partial charge >= 0.3 is 6.03 Å². The van der Waals surface area contributed by atoms with E-state index in [9.17, 15) is 9.59 Å². The minimum Gasteiger partial charge on any atom is -0.495 e. The molecule has 4 heterocycles. The monoisotopic (exact) mass is 578 g/mol. The number of benzene rings is 2. The highest BCUT2D eigenvalue weighted by Crippen LogP contribution is 2.46. The standard InChI is InChI=1S/C28H27ClN6O4S/c1-34(14-19-4-3-11-39-19)13-16-5-8-18(9-6-16)32-26(36)24-23-22-25(30-15-31-27(22)40-24)35(28(37)33-23)20-12-17(29)7-10-21(20)38-2/h5-10,12,15,19H,3-4,11,13-14H2,1-2H3,(H,32,36)(H,33,37)/t19-/m1/s1. The van der Waals surface area contributed by atoms with Crippen LogP contribution < -0.4 is 20.3 Å². The van der Waals surface area contributed by atoms with E-state index in [1.54, 1.807) is 18.2 Å². The van der Waals surface area contributed by atoms with Crippen LogP contribution in [0, 0.1) is 0 Å². The summed E-state index contributed by atoms with van der Waals surface area (Å²) in [6.07, 6.45) is 3.91. The van der Waals surface area contributed by atoms with Crippen molar-refractivity contribution in [3.8, 4) is 5.75 Å². The van der Waals surface area contributed by atoms with E-state index < -0.39 is 6.03 Å². The Morgan fingerprint density at radius 2 is 2.10 bits per heavy atom. The maximum Gasteiger partial charge on any atom is 0.332 e. The third-order valence-corrected chi connectivity index (χ3v) is 8.24. The number of carbonyl (C=O) groups excluding carboxylic acids is 2. The summed E-state index contributed by atoms with van der Waals surface area (Å²) in [5, 5.41) is 6.82. The van der Waals surface area contributed by atoms with Gasteiger partial charge in [0.25, 0.3) is 5.91 Å². The number of carbonyl (C=O) groups is 2. The lowest BCUT2D eigenvalue weighted by molar-refractivity contribution is 0.0793. The van der Waals surface area contributed by atoms with Crippen LogP contribution in [0.4, 0.5) is 27.7 Å². The zero-order chi connectivity index (χ0) is 27.8. The van der Waals surface area contributed by atoms with Crippen molar-refractivity contribution < 1.29 is 19.1 Å². The second-order valence-electron chi connectivity index (χ2n) is 9.75. The highest BCUT2D eigenvalue weighted by molar-refractivity contribution is 7.21. The van der Waals surface area contributed by atoms with Crippen LogP contribution in [0.2, 0.25) is 5.02 Å². The van der Waals surface area contributed by atoms with Crippen LogP contribution >= 0.6 is 22.9 Å². The predicted molar refractivity (Wildman–Crippen MR) is 156 cm³/mol. The second kappa shape index (κ2) is 11.0. The van der Waals surface area contributed by atoms with E-state index in [0.717, 1.165) is 38.1 Å². The van der Waals surface area contributed by atoms with Gasteiger partial charge < -0.3 is 20.1 Å². The summed E-state index contributed by atoms with van der Waals surface area (Å²) >= 11 is 7.42. The van der Waals surface area contributed by atoms with Gasteiger partial charge in [-0.05, 0) is 55.8 Å². The largest absolute Gasteiger partial charge is 0.495 e. The van der Waals surface area contributed by atoms with Crippen LogP contribution in [0.15, 0.2) is 48.8 Å². The van der Waals surface area contributed by atoms with Crippen molar-refractivity contribution >= 4 is 68.0 Å². The summed E-state index contributed by atoms with van der Waals surface area (Å²) in [6, 6.07) is 12.2. The van der Waals surface area contributed by atoms with Crippen LogP contribution in [-0.2, 0) is 11.3 Å². The first-order valence-electron chi connectivity index (χ1n) is 12.8. The van der Waals surface area contributed by atoms with Gasteiger partial charge in [0.2, 0.25) is 0 Å². The Morgan fingerprint density at radius 3 is 2.85 bits per heavy atom. The Balaban J connectivity index is 1.23. The molecule has 1 saturated heterocycles. The molecule has 6 rings (SSSR count). The summed E-state index contributed by atoms with van der Waals surface area (Å²) < 4.78 is 11.2. The quantitative estimate of drug-likeness (QED) is 0.268. The molecule has 40 heavy (non-hydrogen) atoms. The molecule has 206 valence electrons. The highest BCUT2D eigenvalue weighted by atomic mass is 35.5. The molecule has 0 radical (unpaired) electrons. The average Bonchev–Trinajstić information content (AvgIpc) is 3.58. The van der Waals surface area contributed by atoms with Crippen LogP contribution in [0.5, 0.6) is 5.75 Å². The Morgan fingerprint density at radius 1 is 1.27 bits per heavy atom. The number of nitrogens with one attached hydrogen (secondary N) is 2. The average molecular weight is 579 g/mol. The zero-order valence-electron chi connectivity index (χ0n) is 21.9. The Bertz CT molecular complexity index is 1590. The van der Waals surface area contributed by atoms with E-state index in [4.69, 9.17) is 21.1 Å². The van der Waals surface area contributed by atoms with Gasteiger partial charge in [-0.1, -0.05) is 23.7 Å². The normalized spacial score (nSPS) is 16.4. The number of hydrogen-bond acceptors (Lipinski definition) is 8. The molecule has 3 amide bonds. The topological polar surface area (TPSA) is 109 Å². The fourth-order valence-corrected chi connectivity index (χ4v) is 6.23. The molecule has 2 aliphatic heterocycles. The van der Waals surface area contributed by atoms with E-state index in [1.165, 1.54) is 29.7 Å². The summed E-state index contributed by atoms with van der Waals surface area (Å²) in [5.41, 5.74) is 2.60. The van der Waals surface area contributed by atoms with Crippen LogP contribution in [0.25, 0.3) is 10.2 Å². The number of likely N-dealkylation sites (N-methyl/N-ethyl adjacent to an activating group) is 1. The first-order valence-corrected chi connectivity index (χ1v) is 14.0. The number of anilines is 4. The molecule has 4 aromatic rings. The van der Waals surface area contributed by atoms with Crippen LogP contribution in [0.3, 0.4) is 0 Å². The smallest absolute Gasteiger partial charge is 0.332 e. The van der Waals surface area contributed by atoms with Crippen molar-refractivity contribution in [1.82, 2.24) is 14.9 Å². The summed E-state index contributed by atoms with van der Waals surface area (Å²) in [4.78, 5) is 40.0. The molecule has 0 bridgehead atoms. The van der Waals surface area contributed by atoms with Crippen molar-refractivity contribution in [1.29, 1.82) is 0 Å². The molecule has 12 heteroatoms. The minimum absolute atomic E-state index is 0.302. The lowest BCUT2D eigenvalue weighted by Gasteiger charge is -2.28. The Hall–Kier alpha value is -3.77. The molecule has 0 spiro atoms. The number of methoxy groups -OCH3 is 1. The first-order chi connectivity index (χ1) is 19.4. The number of thiophene rings is 1. The molecule has 2 aromatic carbocycles. The molecule has 2 aliphatic rings. The third kappa shape index (κ3) is 5.08. The van der Waals surface area contributed by atoms with Crippen LogP contribution in [-0.4, -0.2) is 60.2 Å². The molecule has 0 saturated carbocycles. The van der Waals surface area contributed by atoms with Gasteiger partial charge in [0.15, 0.2) is 5.82 Å². The highest BCUT2D eigenvalue weighted by Gasteiger charge is 2.35. The zero-order valence-corrected chi connectivity index (χ0v) is 23.5. The molecular formula is C28H27ClN6O4S. The second-order valence-corrected chi connectivity index (χ2v) is 11.2. The van der Waals surface area contributed by atoms with E-state index >= 15 is 0 Å². The van der Waals surface area contributed by atoms with Gasteiger partial charge in [0.1, 0.15) is 21.8 Å². The van der Waals surface area contributed by atoms with Crippen molar-refractivity contribution in [3.05, 3.63) is 64.3 Å². The fraction of sp³-hybridized carbons (Fsp3) is 0.286. The maximum atomic E-state index is 13.4. The van der Waals surface area contributed by atoms with Crippen molar-refractivity contribution in [2.75, 3.05) is 42.8 Å². The summed E-state index contributed by atoms with van der Waals surface area (Å²) in [7, 11) is 3.60. The fourth-order valence-electron chi connectivity index (χ4n) is 5.08. The van der Waals surface area contributed by atoms with Gasteiger partial charge in [0, 0.05) is 30.4 Å². The Kier molecular flexibility index (Phi) is 7.28. The molecule has 10 nitrogen and oxygen atoms in total. The van der Waals surface area contributed by atoms with Gasteiger partial charge in [-0.3, -0.25) is 9.69 Å². The third-order valence-electron chi connectivity index (χ3n) is 6.91.